The molecule has 0 spiro atoms. The van der Waals surface area contributed by atoms with Gasteiger partial charge in [0.05, 0.1) is 18.9 Å². The van der Waals surface area contributed by atoms with Gasteiger partial charge in [-0.1, -0.05) is 0 Å². The van der Waals surface area contributed by atoms with Crippen LogP contribution in [0.3, 0.4) is 0 Å². The molecule has 0 aliphatic carbocycles. The Kier molecular flexibility index (Phi) is 4.84. The van der Waals surface area contributed by atoms with Crippen molar-refractivity contribution in [2.45, 2.75) is 30.5 Å². The number of carboxylic acids is 1. The van der Waals surface area contributed by atoms with E-state index in [2.05, 4.69) is 0 Å². The first-order valence-corrected chi connectivity index (χ1v) is 6.11. The fourth-order valence-electron chi connectivity index (χ4n) is 1.49. The lowest BCUT2D eigenvalue weighted by Gasteiger charge is -2.14. The van der Waals surface area contributed by atoms with Crippen LogP contribution < -0.4 is 10.5 Å². The summed E-state index contributed by atoms with van der Waals surface area (Å²) in [7, 11) is 1.63. The molecule has 4 nitrogen and oxygen atoms in total. The summed E-state index contributed by atoms with van der Waals surface area (Å²) < 4.78 is 5.22. The van der Waals surface area contributed by atoms with Crippen LogP contribution in [0.2, 0.25) is 0 Å². The van der Waals surface area contributed by atoms with Crippen molar-refractivity contribution in [3.05, 3.63) is 23.3 Å². The molecule has 0 aliphatic heterocycles. The number of methoxy groups -OCH3 is 1. The van der Waals surface area contributed by atoms with Gasteiger partial charge < -0.3 is 15.6 Å². The van der Waals surface area contributed by atoms with Crippen molar-refractivity contribution in [2.24, 2.45) is 5.73 Å². The van der Waals surface area contributed by atoms with Crippen LogP contribution in [-0.4, -0.2) is 23.6 Å². The number of rotatable bonds is 5. The van der Waals surface area contributed by atoms with Crippen molar-refractivity contribution < 1.29 is 14.6 Å². The Morgan fingerprint density at radius 1 is 1.47 bits per heavy atom. The number of ether oxygens (including phenoxy) is 1. The highest BCUT2D eigenvalue weighted by atomic mass is 32.2. The molecule has 0 saturated heterocycles. The molecule has 0 aromatic heterocycles. The lowest BCUT2D eigenvalue weighted by Crippen LogP contribution is -2.19. The van der Waals surface area contributed by atoms with E-state index in [9.17, 15) is 4.79 Å². The highest BCUT2D eigenvalue weighted by Gasteiger charge is 2.12. The normalized spacial score (nSPS) is 12.2. The van der Waals surface area contributed by atoms with Crippen LogP contribution in [0, 0.1) is 13.8 Å². The van der Waals surface area contributed by atoms with Crippen molar-refractivity contribution in [1.29, 1.82) is 0 Å². The number of nitrogens with two attached hydrogens (primary N) is 1. The molecule has 3 N–H and O–H groups in total. The standard InChI is InChI=1S/C12H17NO3S/c1-7-5-10(8(2)4-9(7)16-3)17-11(13)6-12(14)15/h4-5,11H,6,13H2,1-3H3,(H,14,15). The summed E-state index contributed by atoms with van der Waals surface area (Å²) in [5, 5.41) is 8.22. The Bertz CT molecular complexity index is 420. The van der Waals surface area contributed by atoms with Crippen LogP contribution in [0.25, 0.3) is 0 Å². The topological polar surface area (TPSA) is 72.5 Å². The third-order valence-electron chi connectivity index (χ3n) is 2.35. The van der Waals surface area contributed by atoms with Gasteiger partial charge in [-0.3, -0.25) is 4.79 Å². The summed E-state index contributed by atoms with van der Waals surface area (Å²) >= 11 is 1.37. The minimum atomic E-state index is -0.882. The van der Waals surface area contributed by atoms with E-state index in [0.29, 0.717) is 0 Å². The van der Waals surface area contributed by atoms with Crippen LogP contribution in [0.1, 0.15) is 17.5 Å². The van der Waals surface area contributed by atoms with Crippen LogP contribution in [0.15, 0.2) is 17.0 Å². The summed E-state index contributed by atoms with van der Waals surface area (Å²) in [6, 6.07) is 3.91. The number of hydrogen-bond donors (Lipinski definition) is 2. The third kappa shape index (κ3) is 3.94. The number of aliphatic carboxylic acids is 1. The average molecular weight is 255 g/mol. The van der Waals surface area contributed by atoms with Gasteiger partial charge in [-0.25, -0.2) is 0 Å². The molecule has 1 rings (SSSR count). The van der Waals surface area contributed by atoms with E-state index in [1.807, 2.05) is 26.0 Å². The van der Waals surface area contributed by atoms with Gasteiger partial charge in [0.2, 0.25) is 0 Å². The van der Waals surface area contributed by atoms with E-state index in [1.165, 1.54) is 11.8 Å². The van der Waals surface area contributed by atoms with Crippen molar-refractivity contribution in [3.8, 4) is 5.75 Å². The lowest BCUT2D eigenvalue weighted by molar-refractivity contribution is -0.136. The molecule has 0 saturated carbocycles. The third-order valence-corrected chi connectivity index (χ3v) is 3.51. The van der Waals surface area contributed by atoms with Crippen LogP contribution in [0.4, 0.5) is 0 Å². The van der Waals surface area contributed by atoms with Gasteiger partial charge in [0.1, 0.15) is 5.75 Å². The van der Waals surface area contributed by atoms with E-state index in [-0.39, 0.29) is 6.42 Å². The second-order valence-corrected chi connectivity index (χ2v) is 5.12. The SMILES string of the molecule is COc1cc(C)c(SC(N)CC(=O)O)cc1C. The van der Waals surface area contributed by atoms with E-state index < -0.39 is 11.3 Å². The first kappa shape index (κ1) is 13.9. The molecule has 0 radical (unpaired) electrons. The Labute approximate surface area is 105 Å². The summed E-state index contributed by atoms with van der Waals surface area (Å²) in [6.07, 6.45) is -0.0464. The Morgan fingerprint density at radius 2 is 2.12 bits per heavy atom. The zero-order valence-electron chi connectivity index (χ0n) is 10.2. The summed E-state index contributed by atoms with van der Waals surface area (Å²) in [5.74, 6) is -0.0495. The molecule has 94 valence electrons. The maximum Gasteiger partial charge on any atom is 0.305 e. The second-order valence-electron chi connectivity index (χ2n) is 3.84. The number of carbonyl (C=O) groups is 1. The summed E-state index contributed by atoms with van der Waals surface area (Å²) in [5.41, 5.74) is 7.80. The first-order valence-electron chi connectivity index (χ1n) is 5.23. The predicted molar refractivity (Wildman–Crippen MR) is 68.6 cm³/mol. The fraction of sp³-hybridized carbons (Fsp3) is 0.417. The van der Waals surface area contributed by atoms with E-state index in [1.54, 1.807) is 7.11 Å². The smallest absolute Gasteiger partial charge is 0.305 e. The van der Waals surface area contributed by atoms with Crippen LogP contribution >= 0.6 is 11.8 Å². The van der Waals surface area contributed by atoms with Crippen molar-refractivity contribution in [1.82, 2.24) is 0 Å². The molecule has 17 heavy (non-hydrogen) atoms. The molecule has 0 heterocycles. The molecule has 5 heteroatoms. The zero-order valence-corrected chi connectivity index (χ0v) is 11.0. The molecule has 0 aliphatic rings. The molecule has 0 amide bonds. The Morgan fingerprint density at radius 3 is 2.65 bits per heavy atom. The van der Waals surface area contributed by atoms with Crippen molar-refractivity contribution in [2.75, 3.05) is 7.11 Å². The Hall–Kier alpha value is -1.20. The minimum Gasteiger partial charge on any atom is -0.496 e. The lowest BCUT2D eigenvalue weighted by atomic mass is 10.1. The number of hydrogen-bond acceptors (Lipinski definition) is 4. The van der Waals surface area contributed by atoms with Gasteiger partial charge in [0.15, 0.2) is 0 Å². The van der Waals surface area contributed by atoms with E-state index in [4.69, 9.17) is 15.6 Å². The quantitative estimate of drug-likeness (QED) is 0.623. The highest BCUT2D eigenvalue weighted by molar-refractivity contribution is 8.00. The summed E-state index contributed by atoms with van der Waals surface area (Å²) in [4.78, 5) is 11.5. The largest absolute Gasteiger partial charge is 0.496 e. The maximum absolute atomic E-state index is 10.5. The molecule has 1 aromatic carbocycles. The Balaban J connectivity index is 2.84. The molecule has 0 fully saturated rings. The van der Waals surface area contributed by atoms with E-state index in [0.717, 1.165) is 21.8 Å². The highest BCUT2D eigenvalue weighted by Crippen LogP contribution is 2.31. The van der Waals surface area contributed by atoms with Crippen molar-refractivity contribution >= 4 is 17.7 Å². The molecule has 0 bridgehead atoms. The number of carboxylic acid groups (broad SMARTS) is 1. The van der Waals surface area contributed by atoms with Gasteiger partial charge in [0.25, 0.3) is 0 Å². The number of benzene rings is 1. The zero-order chi connectivity index (χ0) is 13.0. The molecule has 1 unspecified atom stereocenters. The monoisotopic (exact) mass is 255 g/mol. The van der Waals surface area contributed by atoms with Gasteiger partial charge in [0, 0.05) is 4.90 Å². The van der Waals surface area contributed by atoms with Gasteiger partial charge >= 0.3 is 5.97 Å². The van der Waals surface area contributed by atoms with Gasteiger partial charge in [-0.2, -0.15) is 0 Å². The minimum absolute atomic E-state index is 0.0464. The molecule has 1 atom stereocenters. The fourth-order valence-corrected chi connectivity index (χ4v) is 2.53. The van der Waals surface area contributed by atoms with Crippen molar-refractivity contribution in [3.63, 3.8) is 0 Å². The van der Waals surface area contributed by atoms with Crippen LogP contribution in [-0.2, 0) is 4.79 Å². The predicted octanol–water partition coefficient (Wildman–Crippen LogP) is 2.16. The van der Waals surface area contributed by atoms with Gasteiger partial charge in [-0.05, 0) is 37.1 Å². The summed E-state index contributed by atoms with van der Waals surface area (Å²) in [6.45, 7) is 3.91. The van der Waals surface area contributed by atoms with Gasteiger partial charge in [-0.15, -0.1) is 11.8 Å². The molecular weight excluding hydrogens is 238 g/mol. The maximum atomic E-state index is 10.5. The number of thioether (sulfide) groups is 1. The number of aryl methyl sites for hydroxylation is 2. The van der Waals surface area contributed by atoms with E-state index >= 15 is 0 Å². The molecular formula is C12H17NO3S. The first-order chi connectivity index (χ1) is 7.93. The second kappa shape index (κ2) is 5.93. The van der Waals surface area contributed by atoms with Crippen LogP contribution in [0.5, 0.6) is 5.75 Å². The average Bonchev–Trinajstić information content (AvgIpc) is 2.21. The molecule has 1 aromatic rings.